The van der Waals surface area contributed by atoms with Crippen molar-refractivity contribution in [2.24, 2.45) is 17.8 Å². The van der Waals surface area contributed by atoms with Crippen LogP contribution in [0.1, 0.15) is 24.3 Å². The van der Waals surface area contributed by atoms with E-state index in [9.17, 15) is 24.3 Å². The van der Waals surface area contributed by atoms with Gasteiger partial charge in [-0.2, -0.15) is 0 Å². The molecular formula is C34H23BrCl3N3O6. The van der Waals surface area contributed by atoms with Crippen molar-refractivity contribution >= 4 is 91.1 Å². The number of allylic oxidation sites excluding steroid dienone is 2. The van der Waals surface area contributed by atoms with Crippen molar-refractivity contribution in [1.29, 1.82) is 0 Å². The fourth-order valence-electron chi connectivity index (χ4n) is 7.86. The van der Waals surface area contributed by atoms with Crippen molar-refractivity contribution in [1.82, 2.24) is 9.88 Å². The second-order valence-electron chi connectivity index (χ2n) is 12.2. The number of oxazole rings is 1. The Morgan fingerprint density at radius 2 is 1.70 bits per heavy atom. The predicted molar refractivity (Wildman–Crippen MR) is 178 cm³/mol. The van der Waals surface area contributed by atoms with E-state index in [0.717, 1.165) is 4.90 Å². The molecule has 238 valence electrons. The molecule has 1 N–H and O–H groups in total. The van der Waals surface area contributed by atoms with Gasteiger partial charge in [-0.15, -0.1) is 23.2 Å². The minimum absolute atomic E-state index is 0.150. The van der Waals surface area contributed by atoms with E-state index in [-0.39, 0.29) is 40.5 Å². The first-order valence-corrected chi connectivity index (χ1v) is 17.1. The average Bonchev–Trinajstić information content (AvgIpc) is 3.65. The Hall–Kier alpha value is -3.70. The van der Waals surface area contributed by atoms with Gasteiger partial charge in [0.15, 0.2) is 15.3 Å². The van der Waals surface area contributed by atoms with E-state index < -0.39 is 51.1 Å². The Morgan fingerprint density at radius 3 is 2.43 bits per heavy atom. The Balaban J connectivity index is 1.19. The number of phenolic OH excluding ortho intramolecular Hbond substituents is 1. The van der Waals surface area contributed by atoms with Gasteiger partial charge in [0.25, 0.3) is 11.8 Å². The lowest BCUT2D eigenvalue weighted by Gasteiger charge is -2.50. The van der Waals surface area contributed by atoms with Crippen LogP contribution in [0.4, 0.5) is 5.69 Å². The predicted octanol–water partition coefficient (Wildman–Crippen LogP) is 6.77. The van der Waals surface area contributed by atoms with Gasteiger partial charge >= 0.3 is 0 Å². The number of hydrogen-bond acceptors (Lipinski definition) is 7. The van der Waals surface area contributed by atoms with Crippen LogP contribution < -0.4 is 4.90 Å². The monoisotopic (exact) mass is 753 g/mol. The van der Waals surface area contributed by atoms with Crippen LogP contribution in [0, 0.1) is 17.8 Å². The zero-order valence-corrected chi connectivity index (χ0v) is 28.1. The number of phenols is 1. The van der Waals surface area contributed by atoms with Crippen LogP contribution in [0.3, 0.4) is 0 Å². The summed E-state index contributed by atoms with van der Waals surface area (Å²) in [5.41, 5.74) is 3.00. The Bertz CT molecular complexity index is 2050. The largest absolute Gasteiger partial charge is 0.508 e. The number of anilines is 1. The summed E-state index contributed by atoms with van der Waals surface area (Å²) < 4.78 is 5.87. The van der Waals surface area contributed by atoms with E-state index >= 15 is 0 Å². The van der Waals surface area contributed by atoms with Crippen LogP contribution in [0.15, 0.2) is 82.8 Å². The Morgan fingerprint density at radius 1 is 0.957 bits per heavy atom. The normalized spacial score (nSPS) is 30.1. The quantitative estimate of drug-likeness (QED) is 0.106. The standard InChI is InChI=1S/C34H23BrCl3N3O6/c35-15-40-31(45)33(37)14-22-19(27(34(33,38)32(40)46)21-13-17(36)7-12-24(21)42)10-11-20-26(22)30(44)41(29(20)43)18-8-5-16(6-9-18)28-39-23-3-1-2-4-25(23)47-28/h1-10,12-13,20,22,26-27,42H,11,14-15H2/t20-,22+,26-,27+,33+,34-/m0/s1. The van der Waals surface area contributed by atoms with Crippen LogP contribution in [-0.4, -0.2) is 53.8 Å². The average molecular weight is 756 g/mol. The molecule has 0 bridgehead atoms. The molecule has 3 aromatic carbocycles. The summed E-state index contributed by atoms with van der Waals surface area (Å²) in [6.45, 7) is 0. The highest BCUT2D eigenvalue weighted by Gasteiger charge is 2.76. The van der Waals surface area contributed by atoms with Gasteiger partial charge in [0.05, 0.1) is 23.0 Å². The maximum atomic E-state index is 14.3. The summed E-state index contributed by atoms with van der Waals surface area (Å²) in [6, 6.07) is 18.5. The molecule has 6 atom stereocenters. The first kappa shape index (κ1) is 30.6. The number of para-hydroxylation sites is 2. The summed E-state index contributed by atoms with van der Waals surface area (Å²) >= 11 is 24.0. The van der Waals surface area contributed by atoms with Gasteiger partial charge < -0.3 is 9.52 Å². The molecule has 47 heavy (non-hydrogen) atoms. The van der Waals surface area contributed by atoms with Crippen molar-refractivity contribution in [3.05, 3.63) is 89.0 Å². The number of rotatable bonds is 4. The number of hydrogen-bond donors (Lipinski definition) is 1. The highest BCUT2D eigenvalue weighted by Crippen LogP contribution is 2.66. The molecule has 9 nitrogen and oxygen atoms in total. The number of fused-ring (bicyclic) bond motifs is 5. The first-order chi connectivity index (χ1) is 22.5. The first-order valence-electron chi connectivity index (χ1n) is 14.8. The number of nitrogens with zero attached hydrogens (tertiary/aromatic N) is 3. The second-order valence-corrected chi connectivity index (χ2v) is 14.4. The van der Waals surface area contributed by atoms with Gasteiger partial charge in [-0.05, 0) is 73.4 Å². The molecule has 2 aliphatic carbocycles. The Kier molecular flexibility index (Phi) is 6.94. The van der Waals surface area contributed by atoms with Gasteiger partial charge in [0, 0.05) is 22.1 Å². The highest BCUT2D eigenvalue weighted by molar-refractivity contribution is 9.09. The second kappa shape index (κ2) is 10.7. The van der Waals surface area contributed by atoms with Crippen LogP contribution in [0.5, 0.6) is 5.75 Å². The maximum Gasteiger partial charge on any atom is 0.254 e. The Labute approximate surface area is 291 Å². The molecular weight excluding hydrogens is 733 g/mol. The van der Waals surface area contributed by atoms with Gasteiger partial charge in [-0.25, -0.2) is 4.98 Å². The number of aromatic nitrogens is 1. The third-order valence-corrected chi connectivity index (χ3v) is 12.1. The molecule has 1 aromatic heterocycles. The topological polar surface area (TPSA) is 121 Å². The molecule has 4 aromatic rings. The molecule has 0 radical (unpaired) electrons. The molecule has 8 rings (SSSR count). The molecule has 2 saturated heterocycles. The molecule has 4 amide bonds. The number of carbonyl (C=O) groups is 4. The lowest BCUT2D eigenvalue weighted by molar-refractivity contribution is -0.138. The van der Waals surface area contributed by atoms with Gasteiger partial charge in [0.1, 0.15) is 11.3 Å². The summed E-state index contributed by atoms with van der Waals surface area (Å²) in [6.07, 6.45) is 1.82. The summed E-state index contributed by atoms with van der Waals surface area (Å²) in [7, 11) is 0. The molecule has 4 aliphatic rings. The van der Waals surface area contributed by atoms with Crippen molar-refractivity contribution in [3.8, 4) is 17.2 Å². The third-order valence-electron chi connectivity index (χ3n) is 9.98. The van der Waals surface area contributed by atoms with Crippen molar-refractivity contribution < 1.29 is 28.7 Å². The van der Waals surface area contributed by atoms with E-state index in [1.54, 1.807) is 30.3 Å². The number of imide groups is 2. The zero-order chi connectivity index (χ0) is 33.0. The number of benzene rings is 3. The lowest BCUT2D eigenvalue weighted by atomic mass is 9.56. The maximum absolute atomic E-state index is 14.3. The molecule has 3 fully saturated rings. The van der Waals surface area contributed by atoms with Crippen molar-refractivity contribution in [3.63, 3.8) is 0 Å². The van der Waals surface area contributed by atoms with Crippen LogP contribution in [-0.2, 0) is 19.2 Å². The fraction of sp³-hybridized carbons (Fsp3) is 0.265. The fourth-order valence-corrected chi connectivity index (χ4v) is 9.46. The minimum Gasteiger partial charge on any atom is -0.508 e. The van der Waals surface area contributed by atoms with Crippen molar-refractivity contribution in [2.45, 2.75) is 28.5 Å². The molecule has 0 spiro atoms. The van der Waals surface area contributed by atoms with Crippen LogP contribution in [0.25, 0.3) is 22.6 Å². The smallest absolute Gasteiger partial charge is 0.254 e. The molecule has 2 aliphatic heterocycles. The number of halogens is 4. The molecule has 1 saturated carbocycles. The minimum atomic E-state index is -2.04. The van der Waals surface area contributed by atoms with Crippen LogP contribution >= 0.6 is 50.7 Å². The zero-order valence-electron chi connectivity index (χ0n) is 24.2. The summed E-state index contributed by atoms with van der Waals surface area (Å²) in [5, 5.41) is 11.3. The number of carbonyl (C=O) groups excluding carboxylic acids is 4. The number of amides is 4. The molecule has 0 unspecified atom stereocenters. The van der Waals surface area contributed by atoms with E-state index in [2.05, 4.69) is 20.9 Å². The van der Waals surface area contributed by atoms with Gasteiger partial charge in [0.2, 0.25) is 17.7 Å². The lowest BCUT2D eigenvalue weighted by Crippen LogP contribution is -2.60. The van der Waals surface area contributed by atoms with Crippen LogP contribution in [0.2, 0.25) is 5.02 Å². The SMILES string of the molecule is O=C1[C@H]2[C@H](CC=C3[C@H]2C[C@@]2(Cl)C(=O)N(CBr)C(=O)[C@@]2(Cl)[C@H]3c2cc(Cl)ccc2O)C(=O)N1c1ccc(-c2nc3ccccc3o2)cc1. The van der Waals surface area contributed by atoms with E-state index in [1.165, 1.54) is 23.1 Å². The molecule has 13 heteroatoms. The summed E-state index contributed by atoms with van der Waals surface area (Å²) in [5.74, 6) is -5.54. The van der Waals surface area contributed by atoms with Crippen molar-refractivity contribution in [2.75, 3.05) is 10.4 Å². The van der Waals surface area contributed by atoms with Gasteiger partial charge in [-0.3, -0.25) is 29.0 Å². The van der Waals surface area contributed by atoms with E-state index in [0.29, 0.717) is 33.8 Å². The number of likely N-dealkylation sites (tertiary alicyclic amines) is 1. The van der Waals surface area contributed by atoms with E-state index in [4.69, 9.17) is 39.2 Å². The van der Waals surface area contributed by atoms with Gasteiger partial charge in [-0.1, -0.05) is 51.3 Å². The molecule has 3 heterocycles. The summed E-state index contributed by atoms with van der Waals surface area (Å²) in [4.78, 5) is 58.6. The third kappa shape index (κ3) is 4.11. The van der Waals surface area contributed by atoms with E-state index in [1.807, 2.05) is 24.3 Å². The number of alkyl halides is 3. The number of aromatic hydroxyl groups is 1. The highest BCUT2D eigenvalue weighted by atomic mass is 79.9.